The van der Waals surface area contributed by atoms with Crippen LogP contribution in [-0.4, -0.2) is 33.8 Å². The maximum atomic E-state index is 12.9. The van der Waals surface area contributed by atoms with E-state index in [0.717, 1.165) is 25.1 Å². The van der Waals surface area contributed by atoms with E-state index < -0.39 is 0 Å². The molecule has 0 saturated heterocycles. The highest BCUT2D eigenvalue weighted by molar-refractivity contribution is 5.74. The van der Waals surface area contributed by atoms with Crippen LogP contribution >= 0.6 is 0 Å². The van der Waals surface area contributed by atoms with Crippen molar-refractivity contribution in [2.75, 3.05) is 13.1 Å². The first kappa shape index (κ1) is 17.6. The number of amides is 2. The predicted octanol–water partition coefficient (Wildman–Crippen LogP) is 3.04. The molecule has 1 aliphatic carbocycles. The van der Waals surface area contributed by atoms with Crippen LogP contribution in [0.2, 0.25) is 0 Å². The summed E-state index contributed by atoms with van der Waals surface area (Å²) in [4.78, 5) is 14.7. The maximum Gasteiger partial charge on any atom is 0.317 e. The van der Waals surface area contributed by atoms with E-state index in [1.165, 1.54) is 5.56 Å². The van der Waals surface area contributed by atoms with Gasteiger partial charge in [0.25, 0.3) is 0 Å². The van der Waals surface area contributed by atoms with E-state index in [-0.39, 0.29) is 16.9 Å². The van der Waals surface area contributed by atoms with Gasteiger partial charge in [0.1, 0.15) is 6.07 Å². The number of aryl methyl sites for hydroxylation is 1. The topological polar surface area (TPSA) is 74.0 Å². The number of benzene rings is 1. The molecule has 1 atom stereocenters. The Hall–Kier alpha value is -2.81. The number of rotatable bonds is 3. The predicted molar refractivity (Wildman–Crippen MR) is 102 cm³/mol. The van der Waals surface area contributed by atoms with Gasteiger partial charge in [-0.25, -0.2) is 4.79 Å². The Balaban J connectivity index is 1.45. The molecule has 1 aliphatic heterocycles. The van der Waals surface area contributed by atoms with E-state index in [1.807, 2.05) is 15.6 Å². The summed E-state index contributed by atoms with van der Waals surface area (Å²) < 4.78 is 1.85. The molecule has 2 heterocycles. The molecule has 0 radical (unpaired) electrons. The van der Waals surface area contributed by atoms with Gasteiger partial charge in [-0.15, -0.1) is 0 Å². The number of nitriles is 1. The Labute approximate surface area is 159 Å². The lowest BCUT2D eigenvalue weighted by Crippen LogP contribution is -2.43. The molecule has 0 spiro atoms. The summed E-state index contributed by atoms with van der Waals surface area (Å²) in [5, 5.41) is 16.5. The molecule has 1 N–H and O–H groups in total. The Morgan fingerprint density at radius 1 is 1.30 bits per heavy atom. The van der Waals surface area contributed by atoms with Crippen LogP contribution in [0.25, 0.3) is 0 Å². The lowest BCUT2D eigenvalue weighted by molar-refractivity contribution is 0.194. The highest BCUT2D eigenvalue weighted by atomic mass is 16.2. The second kappa shape index (κ2) is 6.41. The van der Waals surface area contributed by atoms with Crippen molar-refractivity contribution in [1.82, 2.24) is 20.0 Å². The van der Waals surface area contributed by atoms with Crippen molar-refractivity contribution in [2.24, 2.45) is 5.41 Å². The second-order valence-corrected chi connectivity index (χ2v) is 8.30. The zero-order valence-corrected chi connectivity index (χ0v) is 15.9. The number of aromatic nitrogens is 2. The maximum absolute atomic E-state index is 12.9. The molecule has 2 aromatic rings. The number of nitrogens with one attached hydrogen (secondary N) is 1. The molecule has 2 aliphatic rings. The molecule has 1 saturated carbocycles. The lowest BCUT2D eigenvalue weighted by atomic mass is 9.88. The molecule has 27 heavy (non-hydrogen) atoms. The zero-order valence-electron chi connectivity index (χ0n) is 15.9. The number of fused-ring (bicyclic) bond motifs is 1. The first-order valence-corrected chi connectivity index (χ1v) is 9.50. The van der Waals surface area contributed by atoms with Crippen molar-refractivity contribution in [1.29, 1.82) is 5.26 Å². The minimum atomic E-state index is -0.0406. The van der Waals surface area contributed by atoms with E-state index in [4.69, 9.17) is 5.26 Å². The lowest BCUT2D eigenvalue weighted by Gasteiger charge is -2.25. The quantitative estimate of drug-likeness (QED) is 0.911. The van der Waals surface area contributed by atoms with Gasteiger partial charge in [0.05, 0.1) is 12.2 Å². The summed E-state index contributed by atoms with van der Waals surface area (Å²) in [7, 11) is 0. The SMILES string of the molecule is CC1(C)CC1(CNC(=O)N1CCCn2nc(C#N)cc2C1)c1ccccc1. The fraction of sp³-hybridized carbons (Fsp3) is 0.476. The summed E-state index contributed by atoms with van der Waals surface area (Å²) in [6.45, 7) is 7.09. The summed E-state index contributed by atoms with van der Waals surface area (Å²) in [5.74, 6) is 0. The van der Waals surface area contributed by atoms with Gasteiger partial charge in [0.2, 0.25) is 0 Å². The van der Waals surface area contributed by atoms with E-state index in [1.54, 1.807) is 6.07 Å². The molecule has 6 nitrogen and oxygen atoms in total. The van der Waals surface area contributed by atoms with Gasteiger partial charge in [-0.3, -0.25) is 4.68 Å². The van der Waals surface area contributed by atoms with Crippen molar-refractivity contribution in [3.8, 4) is 6.07 Å². The Morgan fingerprint density at radius 2 is 2.04 bits per heavy atom. The first-order chi connectivity index (χ1) is 12.9. The van der Waals surface area contributed by atoms with Crippen LogP contribution < -0.4 is 5.32 Å². The first-order valence-electron chi connectivity index (χ1n) is 9.50. The fourth-order valence-corrected chi connectivity index (χ4v) is 4.39. The van der Waals surface area contributed by atoms with Crippen LogP contribution in [0.3, 0.4) is 0 Å². The Bertz CT molecular complexity index is 895. The van der Waals surface area contributed by atoms with E-state index in [9.17, 15) is 4.79 Å². The third-order valence-corrected chi connectivity index (χ3v) is 6.20. The highest BCUT2D eigenvalue weighted by Gasteiger charge is 2.61. The molecule has 6 heteroatoms. The average Bonchev–Trinajstić information content (AvgIpc) is 3.13. The van der Waals surface area contributed by atoms with Crippen LogP contribution in [0.4, 0.5) is 4.79 Å². The van der Waals surface area contributed by atoms with Crippen LogP contribution in [0.1, 0.15) is 43.6 Å². The van der Waals surface area contributed by atoms with Crippen molar-refractivity contribution >= 4 is 6.03 Å². The number of carbonyl (C=O) groups is 1. The van der Waals surface area contributed by atoms with Gasteiger partial charge >= 0.3 is 6.03 Å². The minimum Gasteiger partial charge on any atom is -0.337 e. The van der Waals surface area contributed by atoms with E-state index in [0.29, 0.717) is 25.3 Å². The molecule has 4 rings (SSSR count). The van der Waals surface area contributed by atoms with Gasteiger partial charge in [0.15, 0.2) is 5.69 Å². The average molecular weight is 363 g/mol. The van der Waals surface area contributed by atoms with Gasteiger partial charge in [-0.2, -0.15) is 10.4 Å². The zero-order chi connectivity index (χ0) is 19.1. The summed E-state index contributed by atoms with van der Waals surface area (Å²) in [5.41, 5.74) is 2.81. The monoisotopic (exact) mass is 363 g/mol. The van der Waals surface area contributed by atoms with Crippen molar-refractivity contribution in [2.45, 2.75) is 45.2 Å². The van der Waals surface area contributed by atoms with Crippen LogP contribution in [0.5, 0.6) is 0 Å². The number of urea groups is 1. The molecule has 2 amide bonds. The number of nitrogens with zero attached hydrogens (tertiary/aromatic N) is 4. The molecule has 1 fully saturated rings. The number of hydrogen-bond donors (Lipinski definition) is 1. The fourth-order valence-electron chi connectivity index (χ4n) is 4.39. The molecular formula is C21H25N5O. The van der Waals surface area contributed by atoms with Crippen LogP contribution in [0, 0.1) is 16.7 Å². The smallest absolute Gasteiger partial charge is 0.317 e. The normalized spacial score (nSPS) is 23.1. The van der Waals surface area contributed by atoms with Crippen LogP contribution in [0.15, 0.2) is 36.4 Å². The van der Waals surface area contributed by atoms with Gasteiger partial charge in [-0.05, 0) is 29.9 Å². The van der Waals surface area contributed by atoms with Crippen molar-refractivity contribution in [3.05, 3.63) is 53.3 Å². The summed E-state index contributed by atoms with van der Waals surface area (Å²) in [6, 6.07) is 14.3. The standard InChI is InChI=1S/C21H25N5O/c1-20(2)14-21(20,16-7-4-3-5-8-16)15-23-19(27)25-9-6-10-26-18(13-25)11-17(12-22)24-26/h3-5,7-8,11H,6,9-10,13-15H2,1-2H3,(H,23,27). The number of carbonyl (C=O) groups excluding carboxylic acids is 1. The number of hydrogen-bond acceptors (Lipinski definition) is 3. The minimum absolute atomic E-state index is 0.00548. The van der Waals surface area contributed by atoms with E-state index >= 15 is 0 Å². The van der Waals surface area contributed by atoms with Gasteiger partial charge in [-0.1, -0.05) is 44.2 Å². The van der Waals surface area contributed by atoms with Gasteiger partial charge in [0, 0.05) is 25.0 Å². The van der Waals surface area contributed by atoms with Crippen molar-refractivity contribution < 1.29 is 4.79 Å². The third-order valence-electron chi connectivity index (χ3n) is 6.20. The molecule has 1 aromatic heterocycles. The van der Waals surface area contributed by atoms with Gasteiger partial charge < -0.3 is 10.2 Å². The summed E-state index contributed by atoms with van der Waals surface area (Å²) >= 11 is 0. The molecule has 1 unspecified atom stereocenters. The largest absolute Gasteiger partial charge is 0.337 e. The second-order valence-electron chi connectivity index (χ2n) is 8.30. The van der Waals surface area contributed by atoms with Crippen LogP contribution in [-0.2, 0) is 18.5 Å². The molecule has 1 aromatic carbocycles. The molecule has 140 valence electrons. The molecule has 0 bridgehead atoms. The summed E-state index contributed by atoms with van der Waals surface area (Å²) in [6.07, 6.45) is 1.91. The molecular weight excluding hydrogens is 338 g/mol. The third kappa shape index (κ3) is 3.08. The Morgan fingerprint density at radius 3 is 2.70 bits per heavy atom. The van der Waals surface area contributed by atoms with Crippen molar-refractivity contribution in [3.63, 3.8) is 0 Å². The highest BCUT2D eigenvalue weighted by Crippen LogP contribution is 2.63. The van der Waals surface area contributed by atoms with E-state index in [2.05, 4.69) is 54.6 Å². The Kier molecular flexibility index (Phi) is 4.18.